The first-order chi connectivity index (χ1) is 9.81. The van der Waals surface area contributed by atoms with Crippen molar-refractivity contribution < 1.29 is 22.7 Å². The molecule has 0 atom stereocenters. The molecular weight excluding hydrogens is 298 g/mol. The summed E-state index contributed by atoms with van der Waals surface area (Å²) in [5.41, 5.74) is 0.260. The Hall–Kier alpha value is -2.55. The second-order valence-electron chi connectivity index (χ2n) is 4.30. The molecule has 0 aliphatic rings. The first-order valence-electron chi connectivity index (χ1n) is 5.79. The number of aromatic carboxylic acids is 1. The van der Waals surface area contributed by atoms with E-state index in [9.17, 15) is 13.2 Å². The molecule has 0 saturated heterocycles. The van der Waals surface area contributed by atoms with Crippen LogP contribution < -0.4 is 9.62 Å². The predicted octanol–water partition coefficient (Wildman–Crippen LogP) is 1.24. The van der Waals surface area contributed by atoms with Crippen molar-refractivity contribution in [1.29, 1.82) is 0 Å². The number of hydrogen-bond donors (Lipinski definition) is 2. The number of pyridine rings is 1. The monoisotopic (exact) mass is 311 g/mol. The number of aromatic nitrogens is 1. The lowest BCUT2D eigenvalue weighted by Gasteiger charge is -2.16. The zero-order chi connectivity index (χ0) is 15.6. The molecule has 0 aliphatic heterocycles. The van der Waals surface area contributed by atoms with Crippen molar-refractivity contribution in [3.63, 3.8) is 0 Å². The molecule has 2 rings (SSSR count). The number of carboxylic acid groups (broad SMARTS) is 1. The average molecular weight is 311 g/mol. The molecular formula is C12H13N3O5S. The first-order valence-corrected chi connectivity index (χ1v) is 7.28. The summed E-state index contributed by atoms with van der Waals surface area (Å²) in [5.74, 6) is -1.37. The van der Waals surface area contributed by atoms with Crippen molar-refractivity contribution in [2.24, 2.45) is 0 Å². The Morgan fingerprint density at radius 1 is 1.33 bits per heavy atom. The van der Waals surface area contributed by atoms with Crippen molar-refractivity contribution in [3.8, 4) is 0 Å². The van der Waals surface area contributed by atoms with E-state index in [1.54, 1.807) is 31.1 Å². The minimum absolute atomic E-state index is 0.260. The van der Waals surface area contributed by atoms with Crippen molar-refractivity contribution in [1.82, 2.24) is 4.98 Å². The van der Waals surface area contributed by atoms with Crippen molar-refractivity contribution in [2.45, 2.75) is 5.09 Å². The lowest BCUT2D eigenvalue weighted by atomic mass is 10.4. The number of anilines is 2. The van der Waals surface area contributed by atoms with Gasteiger partial charge in [0.1, 0.15) is 0 Å². The summed E-state index contributed by atoms with van der Waals surface area (Å²) >= 11 is 0. The number of carbonyl (C=O) groups is 1. The van der Waals surface area contributed by atoms with Crippen LogP contribution in [0.2, 0.25) is 0 Å². The second kappa shape index (κ2) is 5.44. The van der Waals surface area contributed by atoms with Gasteiger partial charge in [0, 0.05) is 20.3 Å². The van der Waals surface area contributed by atoms with Gasteiger partial charge in [-0.25, -0.2) is 9.78 Å². The maximum absolute atomic E-state index is 12.2. The lowest BCUT2D eigenvalue weighted by molar-refractivity contribution is 0.0656. The summed E-state index contributed by atoms with van der Waals surface area (Å²) in [4.78, 5) is 16.4. The van der Waals surface area contributed by atoms with Crippen molar-refractivity contribution in [3.05, 3.63) is 36.2 Å². The molecule has 0 amide bonds. The number of carboxylic acids is 1. The molecule has 2 aromatic rings. The summed E-state index contributed by atoms with van der Waals surface area (Å²) in [6.45, 7) is 0. The first kappa shape index (κ1) is 14.9. The van der Waals surface area contributed by atoms with Gasteiger partial charge in [-0.15, -0.1) is 0 Å². The molecule has 112 valence electrons. The van der Waals surface area contributed by atoms with Crippen LogP contribution in [0.3, 0.4) is 0 Å². The third-order valence-corrected chi connectivity index (χ3v) is 3.75. The smallest absolute Gasteiger partial charge is 0.371 e. The fourth-order valence-electron chi connectivity index (χ4n) is 1.61. The normalized spacial score (nSPS) is 11.1. The summed E-state index contributed by atoms with van der Waals surface area (Å²) in [5, 5.41) is 8.27. The summed E-state index contributed by atoms with van der Waals surface area (Å²) in [6.07, 6.45) is 1.53. The number of furan rings is 1. The third-order valence-electron chi connectivity index (χ3n) is 2.51. The van der Waals surface area contributed by atoms with Crippen molar-refractivity contribution in [2.75, 3.05) is 23.7 Å². The summed E-state index contributed by atoms with van der Waals surface area (Å²) in [6, 6.07) is 5.28. The molecule has 0 bridgehead atoms. The fourth-order valence-corrected chi connectivity index (χ4v) is 2.60. The van der Waals surface area contributed by atoms with E-state index in [1.165, 1.54) is 6.20 Å². The zero-order valence-electron chi connectivity index (χ0n) is 11.3. The third kappa shape index (κ3) is 3.14. The number of nitrogens with zero attached hydrogens (tertiary/aromatic N) is 2. The van der Waals surface area contributed by atoms with Crippen molar-refractivity contribution >= 4 is 27.5 Å². The molecule has 0 radical (unpaired) electrons. The van der Waals surface area contributed by atoms with Gasteiger partial charge in [-0.05, 0) is 24.3 Å². The van der Waals surface area contributed by atoms with Crippen LogP contribution >= 0.6 is 0 Å². The molecule has 0 aromatic carbocycles. The van der Waals surface area contributed by atoms with Gasteiger partial charge < -0.3 is 14.4 Å². The molecule has 2 N–H and O–H groups in total. The maximum Gasteiger partial charge on any atom is 0.371 e. The number of nitrogens with one attached hydrogen (secondary N) is 1. The number of hydrogen-bond acceptors (Lipinski definition) is 6. The minimum atomic E-state index is -4.03. The minimum Gasteiger partial charge on any atom is -0.475 e. The Bertz CT molecular complexity index is 767. The van der Waals surface area contributed by atoms with Gasteiger partial charge in [0.2, 0.25) is 10.9 Å². The van der Waals surface area contributed by atoms with E-state index >= 15 is 0 Å². The molecule has 9 heteroatoms. The van der Waals surface area contributed by atoms with Gasteiger partial charge >= 0.3 is 5.97 Å². The maximum atomic E-state index is 12.2. The summed E-state index contributed by atoms with van der Waals surface area (Å²) in [7, 11) is -0.593. The van der Waals surface area contributed by atoms with Crippen LogP contribution in [-0.2, 0) is 10.0 Å². The second-order valence-corrected chi connectivity index (χ2v) is 5.91. The van der Waals surface area contributed by atoms with E-state index in [0.717, 1.165) is 12.1 Å². The molecule has 2 aromatic heterocycles. The quantitative estimate of drug-likeness (QED) is 0.854. The summed E-state index contributed by atoms with van der Waals surface area (Å²) < 4.78 is 31.5. The van der Waals surface area contributed by atoms with Crippen LogP contribution in [0.5, 0.6) is 0 Å². The van der Waals surface area contributed by atoms with Crippen LogP contribution in [-0.4, -0.2) is 38.6 Å². The van der Waals surface area contributed by atoms with E-state index in [4.69, 9.17) is 9.52 Å². The fraction of sp³-hybridized carbons (Fsp3) is 0.167. The molecule has 2 heterocycles. The average Bonchev–Trinajstić information content (AvgIpc) is 2.89. The zero-order valence-corrected chi connectivity index (χ0v) is 12.1. The highest BCUT2D eigenvalue weighted by Crippen LogP contribution is 2.24. The van der Waals surface area contributed by atoms with Gasteiger partial charge in [-0.3, -0.25) is 4.72 Å². The van der Waals surface area contributed by atoms with Crippen LogP contribution in [0.4, 0.5) is 11.5 Å². The Morgan fingerprint density at radius 2 is 2.05 bits per heavy atom. The SMILES string of the molecule is CN(C)c1ncccc1NS(=O)(=O)c1ccc(C(=O)O)o1. The Morgan fingerprint density at radius 3 is 2.62 bits per heavy atom. The van der Waals surface area contributed by atoms with E-state index in [1.807, 2.05) is 0 Å². The molecule has 0 spiro atoms. The Kier molecular flexibility index (Phi) is 3.85. The highest BCUT2D eigenvalue weighted by Gasteiger charge is 2.22. The van der Waals surface area contributed by atoms with Crippen LogP contribution in [0.1, 0.15) is 10.6 Å². The van der Waals surface area contributed by atoms with Crippen LogP contribution in [0, 0.1) is 0 Å². The van der Waals surface area contributed by atoms with Gasteiger partial charge in [-0.1, -0.05) is 0 Å². The van der Waals surface area contributed by atoms with E-state index in [-0.39, 0.29) is 5.69 Å². The van der Waals surface area contributed by atoms with E-state index < -0.39 is 26.8 Å². The number of rotatable bonds is 5. The molecule has 8 nitrogen and oxygen atoms in total. The molecule has 0 saturated carbocycles. The molecule has 0 fully saturated rings. The van der Waals surface area contributed by atoms with Gasteiger partial charge in [0.25, 0.3) is 10.0 Å². The lowest BCUT2D eigenvalue weighted by Crippen LogP contribution is -2.17. The highest BCUT2D eigenvalue weighted by atomic mass is 32.2. The topological polar surface area (TPSA) is 113 Å². The van der Waals surface area contributed by atoms with Gasteiger partial charge in [0.05, 0.1) is 5.69 Å². The highest BCUT2D eigenvalue weighted by molar-refractivity contribution is 7.92. The molecule has 0 unspecified atom stereocenters. The Balaban J connectivity index is 2.35. The predicted molar refractivity (Wildman–Crippen MR) is 75.0 cm³/mol. The molecule has 21 heavy (non-hydrogen) atoms. The number of sulfonamides is 1. The standard InChI is InChI=1S/C12H13N3O5S/c1-15(2)11-8(4-3-7-13-11)14-21(18,19)10-6-5-9(20-10)12(16)17/h3-7,14H,1-2H3,(H,16,17). The van der Waals surface area contributed by atoms with Gasteiger partial charge in [-0.2, -0.15) is 8.42 Å². The van der Waals surface area contributed by atoms with E-state index in [0.29, 0.717) is 5.82 Å². The van der Waals surface area contributed by atoms with Gasteiger partial charge in [0.15, 0.2) is 5.82 Å². The van der Waals surface area contributed by atoms with E-state index in [2.05, 4.69) is 9.71 Å². The Labute approximate surface area is 121 Å². The van der Waals surface area contributed by atoms with Crippen LogP contribution in [0.25, 0.3) is 0 Å². The molecule has 0 aliphatic carbocycles. The van der Waals surface area contributed by atoms with Crippen LogP contribution in [0.15, 0.2) is 40.0 Å². The largest absolute Gasteiger partial charge is 0.475 e.